The minimum Gasteiger partial charge on any atom is -0.309 e. The zero-order valence-electron chi connectivity index (χ0n) is 34.0. The fourth-order valence-electron chi connectivity index (χ4n) is 9.71. The molecule has 0 bridgehead atoms. The first-order valence-corrected chi connectivity index (χ1v) is 21.3. The Morgan fingerprint density at radius 1 is 0.254 bits per heavy atom. The van der Waals surface area contributed by atoms with Gasteiger partial charge in [0.05, 0.1) is 33.1 Å². The molecule has 0 saturated carbocycles. The predicted molar refractivity (Wildman–Crippen MR) is 259 cm³/mol. The summed E-state index contributed by atoms with van der Waals surface area (Å²) in [6.07, 6.45) is 0. The lowest BCUT2D eigenvalue weighted by Crippen LogP contribution is -2.01. The van der Waals surface area contributed by atoms with Crippen LogP contribution in [-0.4, -0.2) is 28.7 Å². The lowest BCUT2D eigenvalue weighted by molar-refractivity contribution is 1.07. The first-order valence-electron chi connectivity index (χ1n) is 21.3. The molecule has 0 amide bonds. The summed E-state index contributed by atoms with van der Waals surface area (Å²) in [7, 11) is 0. The molecule has 63 heavy (non-hydrogen) atoms. The van der Waals surface area contributed by atoms with Gasteiger partial charge in [0, 0.05) is 66.1 Å². The third-order valence-electron chi connectivity index (χ3n) is 12.5. The van der Waals surface area contributed by atoms with Crippen LogP contribution in [-0.2, 0) is 0 Å². The maximum Gasteiger partial charge on any atom is 0.164 e. The second-order valence-corrected chi connectivity index (χ2v) is 16.0. The van der Waals surface area contributed by atoms with Gasteiger partial charge in [0.2, 0.25) is 0 Å². The van der Waals surface area contributed by atoms with E-state index in [2.05, 4.69) is 171 Å². The third kappa shape index (κ3) is 5.48. The first-order chi connectivity index (χ1) is 31.3. The van der Waals surface area contributed by atoms with Crippen LogP contribution in [0.25, 0.3) is 117 Å². The van der Waals surface area contributed by atoms with Gasteiger partial charge in [-0.15, -0.1) is 0 Å². The van der Waals surface area contributed by atoms with E-state index in [1.165, 1.54) is 54.4 Å². The monoisotopic (exact) mass is 804 g/mol. The number of benzene rings is 9. The molecule has 6 heteroatoms. The van der Waals surface area contributed by atoms with Crippen LogP contribution in [0.3, 0.4) is 0 Å². The summed E-state index contributed by atoms with van der Waals surface area (Å²) in [4.78, 5) is 15.0. The zero-order chi connectivity index (χ0) is 41.4. The Morgan fingerprint density at radius 2 is 0.667 bits per heavy atom. The lowest BCUT2D eigenvalue weighted by atomic mass is 10.1. The molecule has 0 fully saturated rings. The van der Waals surface area contributed by atoms with E-state index in [1.54, 1.807) is 0 Å². The Hall–Kier alpha value is -8.61. The van der Waals surface area contributed by atoms with Gasteiger partial charge in [0.15, 0.2) is 17.5 Å². The molecule has 0 radical (unpaired) electrons. The molecule has 0 unspecified atom stereocenters. The van der Waals surface area contributed by atoms with E-state index < -0.39 is 0 Å². The van der Waals surface area contributed by atoms with Crippen LogP contribution in [0, 0.1) is 0 Å². The fraction of sp³-hybridized carbons (Fsp3) is 0. The summed E-state index contributed by atoms with van der Waals surface area (Å²) in [5.41, 5.74) is 13.1. The number of hydrogen-bond acceptors (Lipinski definition) is 3. The Balaban J connectivity index is 1.08. The molecule has 0 saturated heterocycles. The van der Waals surface area contributed by atoms with Crippen LogP contribution in [0.4, 0.5) is 0 Å². The average molecular weight is 805 g/mol. The van der Waals surface area contributed by atoms with Crippen molar-refractivity contribution in [2.75, 3.05) is 0 Å². The van der Waals surface area contributed by atoms with E-state index in [-0.39, 0.29) is 0 Å². The van der Waals surface area contributed by atoms with Crippen molar-refractivity contribution >= 4 is 65.4 Å². The molecule has 0 aliphatic rings. The maximum atomic E-state index is 5.05. The highest BCUT2D eigenvalue weighted by Crippen LogP contribution is 2.43. The number of nitrogens with zero attached hydrogens (tertiary/aromatic N) is 6. The van der Waals surface area contributed by atoms with Crippen molar-refractivity contribution in [2.45, 2.75) is 0 Å². The molecule has 0 aliphatic heterocycles. The van der Waals surface area contributed by atoms with Crippen molar-refractivity contribution in [3.8, 4) is 51.2 Å². The number of para-hydroxylation sites is 4. The van der Waals surface area contributed by atoms with Crippen LogP contribution < -0.4 is 0 Å². The van der Waals surface area contributed by atoms with E-state index in [0.717, 1.165) is 44.8 Å². The largest absolute Gasteiger partial charge is 0.309 e. The van der Waals surface area contributed by atoms with Gasteiger partial charge in [0.1, 0.15) is 0 Å². The summed E-state index contributed by atoms with van der Waals surface area (Å²) in [5, 5.41) is 7.28. The van der Waals surface area contributed by atoms with Gasteiger partial charge in [-0.1, -0.05) is 146 Å². The molecule has 6 nitrogen and oxygen atoms in total. The second kappa shape index (κ2) is 14.0. The first kappa shape index (κ1) is 35.2. The normalized spacial score (nSPS) is 11.8. The second-order valence-electron chi connectivity index (χ2n) is 16.0. The van der Waals surface area contributed by atoms with Gasteiger partial charge in [-0.25, -0.2) is 15.0 Å². The van der Waals surface area contributed by atoms with Crippen LogP contribution in [0.15, 0.2) is 218 Å². The summed E-state index contributed by atoms with van der Waals surface area (Å²) < 4.78 is 7.27. The van der Waals surface area contributed by atoms with Gasteiger partial charge in [-0.2, -0.15) is 0 Å². The molecule has 4 aromatic heterocycles. The molecule has 13 aromatic rings. The molecule has 0 spiro atoms. The van der Waals surface area contributed by atoms with Crippen LogP contribution >= 0.6 is 0 Å². The summed E-state index contributed by atoms with van der Waals surface area (Å²) in [6.45, 7) is 0. The Labute approximate surface area is 362 Å². The van der Waals surface area contributed by atoms with Crippen molar-refractivity contribution in [2.24, 2.45) is 0 Å². The van der Waals surface area contributed by atoms with Crippen molar-refractivity contribution in [3.05, 3.63) is 218 Å². The number of rotatable bonds is 6. The zero-order valence-corrected chi connectivity index (χ0v) is 34.0. The molecule has 0 atom stereocenters. The Kier molecular flexibility index (Phi) is 7.80. The smallest absolute Gasteiger partial charge is 0.164 e. The van der Waals surface area contributed by atoms with Crippen LogP contribution in [0.1, 0.15) is 0 Å². The highest BCUT2D eigenvalue weighted by molar-refractivity contribution is 6.26. The van der Waals surface area contributed by atoms with Crippen molar-refractivity contribution < 1.29 is 0 Å². The molecule has 13 rings (SSSR count). The molecule has 9 aromatic carbocycles. The molecular weight excluding hydrogens is 769 g/mol. The minimum absolute atomic E-state index is 0.624. The average Bonchev–Trinajstić information content (AvgIpc) is 4.00. The molecule has 294 valence electrons. The predicted octanol–water partition coefficient (Wildman–Crippen LogP) is 14.2. The highest BCUT2D eigenvalue weighted by Gasteiger charge is 2.22. The molecular formula is C57H36N6. The third-order valence-corrected chi connectivity index (χ3v) is 12.5. The summed E-state index contributed by atoms with van der Waals surface area (Å²) in [5.74, 6) is 1.90. The van der Waals surface area contributed by atoms with Crippen molar-refractivity contribution in [3.63, 3.8) is 0 Å². The standard InChI is InChI=1S/C57H36N6/c1-4-16-37(17-5-1)55-58-56(38-18-6-2-7-19-38)60-57(59-55)39-28-30-41(31-29-39)63-52-36-42(62-48-25-13-10-22-43(48)44-23-11-14-26-49(44)62)32-33-45(52)46-34-35-51-53(54(46)63)47-24-12-15-27-50(47)61(51)40-20-8-3-9-21-40/h1-36H. The van der Waals surface area contributed by atoms with Crippen molar-refractivity contribution in [1.29, 1.82) is 0 Å². The van der Waals surface area contributed by atoms with Gasteiger partial charge < -0.3 is 13.7 Å². The quantitative estimate of drug-likeness (QED) is 0.168. The van der Waals surface area contributed by atoms with Gasteiger partial charge in [0.25, 0.3) is 0 Å². The maximum absolute atomic E-state index is 5.05. The Morgan fingerprint density at radius 3 is 1.25 bits per heavy atom. The van der Waals surface area contributed by atoms with E-state index in [1.807, 2.05) is 60.7 Å². The topological polar surface area (TPSA) is 53.5 Å². The fourth-order valence-corrected chi connectivity index (χ4v) is 9.71. The number of hydrogen-bond donors (Lipinski definition) is 0. The van der Waals surface area contributed by atoms with Gasteiger partial charge >= 0.3 is 0 Å². The molecule has 0 aliphatic carbocycles. The number of aromatic nitrogens is 6. The van der Waals surface area contributed by atoms with Crippen LogP contribution in [0.2, 0.25) is 0 Å². The van der Waals surface area contributed by atoms with E-state index in [0.29, 0.717) is 17.5 Å². The Bertz CT molecular complexity index is 3770. The number of fused-ring (bicyclic) bond motifs is 10. The lowest BCUT2D eigenvalue weighted by Gasteiger charge is -2.13. The van der Waals surface area contributed by atoms with Gasteiger partial charge in [-0.05, 0) is 72.8 Å². The SMILES string of the molecule is c1ccc(-c2nc(-c3ccccc3)nc(-c3ccc(-n4c5cc(-n6c7ccccc7c7ccccc76)ccc5c5ccc6c(c7ccccc7n6-c6ccccc6)c54)cc3)n2)cc1. The summed E-state index contributed by atoms with van der Waals surface area (Å²) >= 11 is 0. The van der Waals surface area contributed by atoms with E-state index in [9.17, 15) is 0 Å². The molecule has 4 heterocycles. The van der Waals surface area contributed by atoms with Crippen LogP contribution in [0.5, 0.6) is 0 Å². The minimum atomic E-state index is 0.624. The van der Waals surface area contributed by atoms with Gasteiger partial charge in [-0.3, -0.25) is 0 Å². The summed E-state index contributed by atoms with van der Waals surface area (Å²) in [6, 6.07) is 77.4. The molecule has 0 N–H and O–H groups in total. The highest BCUT2D eigenvalue weighted by atomic mass is 15.0. The van der Waals surface area contributed by atoms with Crippen molar-refractivity contribution in [1.82, 2.24) is 28.7 Å². The van der Waals surface area contributed by atoms with E-state index in [4.69, 9.17) is 15.0 Å². The van der Waals surface area contributed by atoms with E-state index >= 15 is 0 Å².